The molecule has 1 aromatic carbocycles. The van der Waals surface area contributed by atoms with Gasteiger partial charge in [0.25, 0.3) is 10.0 Å². The number of hydrogen-bond donors (Lipinski definition) is 0. The summed E-state index contributed by atoms with van der Waals surface area (Å²) < 4.78 is 42.0. The van der Waals surface area contributed by atoms with Crippen molar-refractivity contribution in [2.75, 3.05) is 7.05 Å². The minimum absolute atomic E-state index is 0.417. The van der Waals surface area contributed by atoms with Crippen LogP contribution in [0.1, 0.15) is 11.3 Å². The summed E-state index contributed by atoms with van der Waals surface area (Å²) in [6, 6.07) is 11.5. The average molecular weight is 423 g/mol. The van der Waals surface area contributed by atoms with E-state index in [-0.39, 0.29) is 0 Å². The van der Waals surface area contributed by atoms with E-state index in [0.29, 0.717) is 16.9 Å². The number of pyridine rings is 2. The Morgan fingerprint density at radius 2 is 1.97 bits per heavy atom. The normalized spacial score (nSPS) is 12.0. The lowest BCUT2D eigenvalue weighted by Gasteiger charge is -2.14. The van der Waals surface area contributed by atoms with Crippen LogP contribution in [0.2, 0.25) is 0 Å². The van der Waals surface area contributed by atoms with Crippen LogP contribution in [0.15, 0.2) is 77.2 Å². The van der Waals surface area contributed by atoms with E-state index < -0.39 is 20.7 Å². The monoisotopic (exact) mass is 423 g/mol. The van der Waals surface area contributed by atoms with Gasteiger partial charge in [-0.15, -0.1) is 0 Å². The molecule has 0 bridgehead atoms. The molecule has 0 amide bonds. The van der Waals surface area contributed by atoms with E-state index >= 15 is 0 Å². The molecule has 0 aliphatic heterocycles. The van der Waals surface area contributed by atoms with Gasteiger partial charge in [0.2, 0.25) is 0 Å². The largest absolute Gasteiger partial charge is 0.298 e. The number of hydrazone groups is 1. The SMILES string of the molecule is Cc1ccc(F)c(S(=O)(=O)N(C)N=Cc2cnc3ccc(-c4cccnc4)cn23)c1. The van der Waals surface area contributed by atoms with Gasteiger partial charge in [0, 0.05) is 36.8 Å². The third kappa shape index (κ3) is 3.67. The van der Waals surface area contributed by atoms with Crippen molar-refractivity contribution >= 4 is 21.9 Å². The van der Waals surface area contributed by atoms with Gasteiger partial charge in [-0.1, -0.05) is 12.1 Å². The number of aromatic nitrogens is 3. The van der Waals surface area contributed by atoms with E-state index in [4.69, 9.17) is 0 Å². The molecule has 30 heavy (non-hydrogen) atoms. The summed E-state index contributed by atoms with van der Waals surface area (Å²) in [7, 11) is -2.87. The molecule has 0 spiro atoms. The number of halogens is 1. The molecule has 0 unspecified atom stereocenters. The van der Waals surface area contributed by atoms with Gasteiger partial charge in [0.15, 0.2) is 0 Å². The zero-order chi connectivity index (χ0) is 21.3. The second-order valence-electron chi connectivity index (χ2n) is 6.69. The quantitative estimate of drug-likeness (QED) is 0.364. The first-order chi connectivity index (χ1) is 14.4. The van der Waals surface area contributed by atoms with Crippen LogP contribution >= 0.6 is 0 Å². The highest BCUT2D eigenvalue weighted by molar-refractivity contribution is 7.89. The number of benzene rings is 1. The predicted octanol–water partition coefficient (Wildman–Crippen LogP) is 3.50. The van der Waals surface area contributed by atoms with Gasteiger partial charge in [0.05, 0.1) is 18.1 Å². The molecule has 0 saturated heterocycles. The maximum Gasteiger partial charge on any atom is 0.281 e. The summed E-state index contributed by atoms with van der Waals surface area (Å²) in [6.45, 7) is 1.69. The van der Waals surface area contributed by atoms with Crippen LogP contribution in [0.3, 0.4) is 0 Å². The maximum atomic E-state index is 14.1. The van der Waals surface area contributed by atoms with E-state index in [9.17, 15) is 12.8 Å². The molecule has 0 saturated carbocycles. The van der Waals surface area contributed by atoms with Crippen molar-refractivity contribution in [2.24, 2.45) is 5.10 Å². The molecule has 3 heterocycles. The molecular weight excluding hydrogens is 405 g/mol. The summed E-state index contributed by atoms with van der Waals surface area (Å²) in [5, 5.41) is 4.02. The van der Waals surface area contributed by atoms with Crippen molar-refractivity contribution in [1.29, 1.82) is 0 Å². The zero-order valence-corrected chi connectivity index (χ0v) is 17.1. The Morgan fingerprint density at radius 1 is 1.13 bits per heavy atom. The summed E-state index contributed by atoms with van der Waals surface area (Å²) in [5.41, 5.74) is 3.75. The number of imidazole rings is 1. The molecule has 0 atom stereocenters. The number of fused-ring (bicyclic) bond motifs is 1. The van der Waals surface area contributed by atoms with E-state index in [1.165, 1.54) is 25.4 Å². The molecule has 3 aromatic heterocycles. The fourth-order valence-corrected chi connectivity index (χ4v) is 4.06. The second kappa shape index (κ2) is 7.68. The van der Waals surface area contributed by atoms with Crippen LogP contribution in [-0.4, -0.2) is 40.5 Å². The molecule has 7 nitrogen and oxygen atoms in total. The minimum atomic E-state index is -4.13. The third-order valence-corrected chi connectivity index (χ3v) is 6.25. The van der Waals surface area contributed by atoms with Gasteiger partial charge in [0.1, 0.15) is 16.4 Å². The Balaban J connectivity index is 1.67. The van der Waals surface area contributed by atoms with Gasteiger partial charge in [-0.05, 0) is 42.8 Å². The number of aryl methyl sites for hydroxylation is 1. The zero-order valence-electron chi connectivity index (χ0n) is 16.3. The van der Waals surface area contributed by atoms with Gasteiger partial charge >= 0.3 is 0 Å². The first-order valence-corrected chi connectivity index (χ1v) is 10.5. The molecular formula is C21H18FN5O2S. The van der Waals surface area contributed by atoms with Crippen LogP contribution in [0.4, 0.5) is 4.39 Å². The first-order valence-electron chi connectivity index (χ1n) is 9.03. The van der Waals surface area contributed by atoms with Crippen molar-refractivity contribution in [3.63, 3.8) is 0 Å². The van der Waals surface area contributed by atoms with Crippen LogP contribution in [-0.2, 0) is 10.0 Å². The lowest BCUT2D eigenvalue weighted by molar-refractivity contribution is 0.481. The number of sulfonamides is 1. The van der Waals surface area contributed by atoms with Crippen LogP contribution in [0, 0.1) is 12.7 Å². The molecule has 9 heteroatoms. The van der Waals surface area contributed by atoms with E-state index in [0.717, 1.165) is 21.6 Å². The van der Waals surface area contributed by atoms with E-state index in [2.05, 4.69) is 15.1 Å². The molecule has 0 radical (unpaired) electrons. The molecule has 152 valence electrons. The standard InChI is InChI=1S/C21H18FN5O2S/c1-15-5-7-19(22)20(10-15)30(28,29)26(2)25-13-18-12-24-21-8-6-17(14-27(18)21)16-4-3-9-23-11-16/h3-14H,1-2H3. The van der Waals surface area contributed by atoms with Crippen molar-refractivity contribution in [1.82, 2.24) is 18.8 Å². The fourth-order valence-electron chi connectivity index (χ4n) is 2.95. The highest BCUT2D eigenvalue weighted by Crippen LogP contribution is 2.21. The molecule has 0 aliphatic rings. The Morgan fingerprint density at radius 3 is 2.73 bits per heavy atom. The molecule has 4 aromatic rings. The van der Waals surface area contributed by atoms with Crippen LogP contribution < -0.4 is 0 Å². The summed E-state index contributed by atoms with van der Waals surface area (Å²) in [6.07, 6.45) is 8.28. The summed E-state index contributed by atoms with van der Waals surface area (Å²) in [4.78, 5) is 8.01. The van der Waals surface area contributed by atoms with Gasteiger partial charge < -0.3 is 0 Å². The van der Waals surface area contributed by atoms with Crippen molar-refractivity contribution in [3.8, 4) is 11.1 Å². The topological polar surface area (TPSA) is 79.9 Å². The number of nitrogens with zero attached hydrogens (tertiary/aromatic N) is 5. The lowest BCUT2D eigenvalue weighted by Crippen LogP contribution is -2.23. The van der Waals surface area contributed by atoms with Crippen molar-refractivity contribution < 1.29 is 12.8 Å². The van der Waals surface area contributed by atoms with Crippen LogP contribution in [0.5, 0.6) is 0 Å². The molecule has 4 rings (SSSR count). The summed E-state index contributed by atoms with van der Waals surface area (Å²) in [5.74, 6) is -0.821. The number of rotatable bonds is 5. The van der Waals surface area contributed by atoms with E-state index in [1.807, 2.05) is 30.5 Å². The molecule has 0 N–H and O–H groups in total. The molecule has 0 fully saturated rings. The highest BCUT2D eigenvalue weighted by atomic mass is 32.2. The van der Waals surface area contributed by atoms with E-state index in [1.54, 1.807) is 29.9 Å². The van der Waals surface area contributed by atoms with Gasteiger partial charge in [-0.25, -0.2) is 9.37 Å². The smallest absolute Gasteiger partial charge is 0.281 e. The minimum Gasteiger partial charge on any atom is -0.298 e. The Kier molecular flexibility index (Phi) is 5.04. The van der Waals surface area contributed by atoms with Crippen molar-refractivity contribution in [3.05, 3.63) is 84.3 Å². The second-order valence-corrected chi connectivity index (χ2v) is 8.61. The van der Waals surface area contributed by atoms with Crippen molar-refractivity contribution in [2.45, 2.75) is 11.8 Å². The highest BCUT2D eigenvalue weighted by Gasteiger charge is 2.23. The Hall–Kier alpha value is -3.59. The third-order valence-electron chi connectivity index (χ3n) is 4.59. The summed E-state index contributed by atoms with van der Waals surface area (Å²) >= 11 is 0. The fraction of sp³-hybridized carbons (Fsp3) is 0.0952. The maximum absolute atomic E-state index is 14.1. The lowest BCUT2D eigenvalue weighted by atomic mass is 10.1. The average Bonchev–Trinajstić information content (AvgIpc) is 3.16. The van der Waals surface area contributed by atoms with Crippen LogP contribution in [0.25, 0.3) is 16.8 Å². The Labute approximate surface area is 173 Å². The Bertz CT molecular complexity index is 1350. The number of hydrogen-bond acceptors (Lipinski definition) is 5. The predicted molar refractivity (Wildman–Crippen MR) is 112 cm³/mol. The first kappa shape index (κ1) is 19.7. The van der Waals surface area contributed by atoms with Gasteiger partial charge in [-0.2, -0.15) is 17.9 Å². The molecule has 0 aliphatic carbocycles. The van der Waals surface area contributed by atoms with Gasteiger partial charge in [-0.3, -0.25) is 9.38 Å².